The number of hydrogen-bond donors (Lipinski definition) is 1. The molecule has 0 saturated heterocycles. The molecular weight excluding hydrogens is 218 g/mol. The average Bonchev–Trinajstić information content (AvgIpc) is 2.28. The summed E-state index contributed by atoms with van der Waals surface area (Å²) in [6, 6.07) is 0. The summed E-state index contributed by atoms with van der Waals surface area (Å²) >= 11 is 2.17. The molecule has 0 heterocycles. The van der Waals surface area contributed by atoms with Gasteiger partial charge in [-0.2, -0.15) is 11.8 Å². The van der Waals surface area contributed by atoms with Crippen LogP contribution in [0.5, 0.6) is 0 Å². The molecule has 1 fully saturated rings. The normalized spacial score (nSPS) is 25.9. The number of hydrogen-bond acceptors (Lipinski definition) is 3. The van der Waals surface area contributed by atoms with Crippen LogP contribution in [-0.4, -0.2) is 37.8 Å². The first kappa shape index (κ1) is 14.3. The van der Waals surface area contributed by atoms with Crippen LogP contribution in [0.4, 0.5) is 0 Å². The van der Waals surface area contributed by atoms with E-state index in [9.17, 15) is 0 Å². The molecule has 3 heteroatoms. The number of thioether (sulfide) groups is 1. The van der Waals surface area contributed by atoms with Gasteiger partial charge in [0, 0.05) is 31.3 Å². The number of rotatable bonds is 8. The van der Waals surface area contributed by atoms with E-state index in [0.29, 0.717) is 0 Å². The van der Waals surface area contributed by atoms with E-state index in [2.05, 4.69) is 24.0 Å². The smallest absolute Gasteiger partial charge is 0.0474 e. The lowest BCUT2D eigenvalue weighted by atomic mass is 9.91. The summed E-state index contributed by atoms with van der Waals surface area (Å²) in [7, 11) is 1.76. The van der Waals surface area contributed by atoms with Crippen LogP contribution in [0.3, 0.4) is 0 Å². The van der Waals surface area contributed by atoms with Gasteiger partial charge in [-0.3, -0.25) is 0 Å². The third kappa shape index (κ3) is 6.77. The fourth-order valence-electron chi connectivity index (χ4n) is 2.29. The van der Waals surface area contributed by atoms with E-state index in [-0.39, 0.29) is 0 Å². The SMILES string of the molecule is COCCCNCCSC1CCCC(C)C1. The van der Waals surface area contributed by atoms with E-state index in [1.807, 2.05) is 0 Å². The second kappa shape index (κ2) is 9.32. The van der Waals surface area contributed by atoms with E-state index >= 15 is 0 Å². The highest BCUT2D eigenvalue weighted by Crippen LogP contribution is 2.31. The van der Waals surface area contributed by atoms with Gasteiger partial charge in [0.05, 0.1) is 0 Å². The minimum atomic E-state index is 0.875. The van der Waals surface area contributed by atoms with Crippen molar-refractivity contribution >= 4 is 11.8 Å². The molecule has 0 aliphatic heterocycles. The van der Waals surface area contributed by atoms with Crippen LogP contribution >= 0.6 is 11.8 Å². The largest absolute Gasteiger partial charge is 0.385 e. The Hall–Kier alpha value is 0.270. The van der Waals surface area contributed by atoms with Gasteiger partial charge in [-0.25, -0.2) is 0 Å². The molecule has 0 aromatic carbocycles. The van der Waals surface area contributed by atoms with Gasteiger partial charge in [0.2, 0.25) is 0 Å². The zero-order valence-corrected chi connectivity index (χ0v) is 11.7. The maximum Gasteiger partial charge on any atom is 0.0474 e. The zero-order chi connectivity index (χ0) is 11.6. The maximum absolute atomic E-state index is 5.01. The predicted octanol–water partition coefficient (Wildman–Crippen LogP) is 2.92. The highest BCUT2D eigenvalue weighted by molar-refractivity contribution is 7.99. The maximum atomic E-state index is 5.01. The minimum Gasteiger partial charge on any atom is -0.385 e. The van der Waals surface area contributed by atoms with Gasteiger partial charge in [0.15, 0.2) is 0 Å². The Balaban J connectivity index is 1.86. The molecule has 0 aromatic rings. The minimum absolute atomic E-state index is 0.875. The van der Waals surface area contributed by atoms with Gasteiger partial charge >= 0.3 is 0 Å². The Morgan fingerprint density at radius 1 is 1.31 bits per heavy atom. The topological polar surface area (TPSA) is 21.3 Å². The monoisotopic (exact) mass is 245 g/mol. The van der Waals surface area contributed by atoms with Gasteiger partial charge < -0.3 is 10.1 Å². The number of ether oxygens (including phenoxy) is 1. The van der Waals surface area contributed by atoms with E-state index in [4.69, 9.17) is 4.74 Å². The zero-order valence-electron chi connectivity index (χ0n) is 10.8. The molecular formula is C13H27NOS. The Kier molecular flexibility index (Phi) is 8.34. The van der Waals surface area contributed by atoms with Gasteiger partial charge in [-0.15, -0.1) is 0 Å². The van der Waals surface area contributed by atoms with Crippen molar-refractivity contribution < 1.29 is 4.74 Å². The van der Waals surface area contributed by atoms with Crippen LogP contribution < -0.4 is 5.32 Å². The molecule has 0 spiro atoms. The van der Waals surface area contributed by atoms with Crippen molar-refractivity contribution in [2.75, 3.05) is 32.6 Å². The second-order valence-corrected chi connectivity index (χ2v) is 6.27. The number of methoxy groups -OCH3 is 1. The van der Waals surface area contributed by atoms with Crippen molar-refractivity contribution in [3.63, 3.8) is 0 Å². The lowest BCUT2D eigenvalue weighted by Crippen LogP contribution is -2.22. The molecule has 1 saturated carbocycles. The number of nitrogens with one attached hydrogen (secondary N) is 1. The van der Waals surface area contributed by atoms with E-state index in [1.165, 1.54) is 31.4 Å². The van der Waals surface area contributed by atoms with Gasteiger partial charge in [-0.05, 0) is 31.7 Å². The van der Waals surface area contributed by atoms with Crippen molar-refractivity contribution in [2.45, 2.75) is 44.3 Å². The molecule has 1 aliphatic rings. The first-order valence-electron chi connectivity index (χ1n) is 6.64. The van der Waals surface area contributed by atoms with Gasteiger partial charge in [0.1, 0.15) is 0 Å². The highest BCUT2D eigenvalue weighted by Gasteiger charge is 2.18. The molecule has 0 radical (unpaired) electrons. The summed E-state index contributed by atoms with van der Waals surface area (Å²) in [5.41, 5.74) is 0. The van der Waals surface area contributed by atoms with Crippen LogP contribution in [-0.2, 0) is 4.74 Å². The predicted molar refractivity (Wildman–Crippen MR) is 73.2 cm³/mol. The van der Waals surface area contributed by atoms with E-state index in [0.717, 1.165) is 37.3 Å². The highest BCUT2D eigenvalue weighted by atomic mass is 32.2. The van der Waals surface area contributed by atoms with E-state index in [1.54, 1.807) is 7.11 Å². The van der Waals surface area contributed by atoms with Crippen LogP contribution in [0, 0.1) is 5.92 Å². The molecule has 96 valence electrons. The summed E-state index contributed by atoms with van der Waals surface area (Å²) in [5, 5.41) is 4.40. The summed E-state index contributed by atoms with van der Waals surface area (Å²) in [5.74, 6) is 2.23. The van der Waals surface area contributed by atoms with E-state index < -0.39 is 0 Å². The summed E-state index contributed by atoms with van der Waals surface area (Å²) in [6.07, 6.45) is 6.90. The summed E-state index contributed by atoms with van der Waals surface area (Å²) in [4.78, 5) is 0. The molecule has 0 aromatic heterocycles. The standard InChI is InChI=1S/C13H27NOS/c1-12-5-3-6-13(11-12)16-10-8-14-7-4-9-15-2/h12-14H,3-11H2,1-2H3. The molecule has 0 amide bonds. The lowest BCUT2D eigenvalue weighted by Gasteiger charge is -2.26. The summed E-state index contributed by atoms with van der Waals surface area (Å²) in [6.45, 7) is 5.52. The van der Waals surface area contributed by atoms with Gasteiger partial charge in [0.25, 0.3) is 0 Å². The third-order valence-corrected chi connectivity index (χ3v) is 4.56. The van der Waals surface area contributed by atoms with Crippen LogP contribution in [0.1, 0.15) is 39.0 Å². The quantitative estimate of drug-likeness (QED) is 0.664. The Labute approximate surface area is 105 Å². The van der Waals surface area contributed by atoms with Crippen LogP contribution in [0.2, 0.25) is 0 Å². The fourth-order valence-corrected chi connectivity index (χ4v) is 3.69. The van der Waals surface area contributed by atoms with Crippen molar-refractivity contribution in [1.82, 2.24) is 5.32 Å². The summed E-state index contributed by atoms with van der Waals surface area (Å²) < 4.78 is 5.01. The molecule has 2 atom stereocenters. The first-order valence-corrected chi connectivity index (χ1v) is 7.69. The van der Waals surface area contributed by atoms with Crippen molar-refractivity contribution in [2.24, 2.45) is 5.92 Å². The third-order valence-electron chi connectivity index (χ3n) is 3.22. The molecule has 0 bridgehead atoms. The molecule has 1 N–H and O–H groups in total. The lowest BCUT2D eigenvalue weighted by molar-refractivity contribution is 0.194. The Morgan fingerprint density at radius 3 is 2.94 bits per heavy atom. The van der Waals surface area contributed by atoms with Gasteiger partial charge in [-0.1, -0.05) is 19.8 Å². The molecule has 1 rings (SSSR count). The Bertz CT molecular complexity index is 166. The molecule has 1 aliphatic carbocycles. The molecule has 2 unspecified atom stereocenters. The second-order valence-electron chi connectivity index (χ2n) is 4.86. The Morgan fingerprint density at radius 2 is 2.19 bits per heavy atom. The fraction of sp³-hybridized carbons (Fsp3) is 1.00. The van der Waals surface area contributed by atoms with Crippen molar-refractivity contribution in [1.29, 1.82) is 0 Å². The van der Waals surface area contributed by atoms with Crippen molar-refractivity contribution in [3.05, 3.63) is 0 Å². The molecule has 16 heavy (non-hydrogen) atoms. The average molecular weight is 245 g/mol. The van der Waals surface area contributed by atoms with Crippen LogP contribution in [0.25, 0.3) is 0 Å². The first-order chi connectivity index (χ1) is 7.83. The van der Waals surface area contributed by atoms with Crippen molar-refractivity contribution in [3.8, 4) is 0 Å². The molecule has 2 nitrogen and oxygen atoms in total. The van der Waals surface area contributed by atoms with Crippen LogP contribution in [0.15, 0.2) is 0 Å².